The third kappa shape index (κ3) is 8.89. The summed E-state index contributed by atoms with van der Waals surface area (Å²) in [5.41, 5.74) is -0.882. The summed E-state index contributed by atoms with van der Waals surface area (Å²) in [6.45, 7) is 12.1. The van der Waals surface area contributed by atoms with Gasteiger partial charge < -0.3 is 39.6 Å². The molecule has 4 N–H and O–H groups in total. The van der Waals surface area contributed by atoms with Gasteiger partial charge in [0.2, 0.25) is 0 Å². The van der Waals surface area contributed by atoms with E-state index in [4.69, 9.17) is 29.4 Å². The molecule has 2 aliphatic carbocycles. The van der Waals surface area contributed by atoms with E-state index >= 15 is 0 Å². The number of unbranched alkanes of at least 4 members (excludes halogenated alkanes) is 4. The van der Waals surface area contributed by atoms with Crippen LogP contribution in [0.5, 0.6) is 0 Å². The number of ether oxygens (including phenoxy) is 5. The highest BCUT2D eigenvalue weighted by Gasteiger charge is 2.76. The van der Waals surface area contributed by atoms with Crippen LogP contribution in [0.3, 0.4) is 0 Å². The fourth-order valence-electron chi connectivity index (χ4n) is 7.40. The average Bonchev–Trinajstić information content (AvgIpc) is 3.36. The molecule has 0 radical (unpaired) electrons. The van der Waals surface area contributed by atoms with Crippen LogP contribution < -0.4 is 5.73 Å². The Morgan fingerprint density at radius 1 is 0.980 bits per heavy atom. The van der Waals surface area contributed by atoms with Crippen molar-refractivity contribution in [1.29, 1.82) is 0 Å². The highest BCUT2D eigenvalue weighted by molar-refractivity contribution is 5.88. The van der Waals surface area contributed by atoms with Crippen LogP contribution in [0.25, 0.3) is 0 Å². The average molecular weight is 722 g/mol. The molecule has 51 heavy (non-hydrogen) atoms. The van der Waals surface area contributed by atoms with E-state index in [0.717, 1.165) is 39.5 Å². The van der Waals surface area contributed by atoms with Gasteiger partial charge in [-0.2, -0.15) is 0 Å². The van der Waals surface area contributed by atoms with Gasteiger partial charge in [-0.15, -0.1) is 0 Å². The second-order valence-corrected chi connectivity index (χ2v) is 14.5. The number of carbonyl (C=O) groups excluding carboxylic acids is 6. The summed E-state index contributed by atoms with van der Waals surface area (Å²) in [5.74, 6) is -5.82. The number of esters is 5. The predicted octanol–water partition coefficient (Wildman–Crippen LogP) is 3.21. The molecule has 0 aromatic carbocycles. The van der Waals surface area contributed by atoms with Crippen LogP contribution >= 0.6 is 0 Å². The SMILES string of the molecule is C/C=C(/C)C(=O)O[C@H]1C(C)=C2[C@H]([C@@H]1OC(=O)CCCCCCC)[C@@](C)(OC(C)=O)C[C@H](OC(=O)CCC(=O)C[C@@H](C)N)[C@@]1(O)[C@H]2OC(=O)[C@@]1(C)O. The van der Waals surface area contributed by atoms with Gasteiger partial charge in [0.1, 0.15) is 17.5 Å². The van der Waals surface area contributed by atoms with Gasteiger partial charge in [-0.1, -0.05) is 38.7 Å². The maximum Gasteiger partial charge on any atom is 0.341 e. The van der Waals surface area contributed by atoms with Gasteiger partial charge >= 0.3 is 29.8 Å². The van der Waals surface area contributed by atoms with Crippen molar-refractivity contribution in [3.8, 4) is 0 Å². The van der Waals surface area contributed by atoms with Crippen molar-refractivity contribution in [2.75, 3.05) is 0 Å². The van der Waals surface area contributed by atoms with Gasteiger partial charge in [0.15, 0.2) is 29.5 Å². The lowest BCUT2D eigenvalue weighted by atomic mass is 9.75. The summed E-state index contributed by atoms with van der Waals surface area (Å²) in [7, 11) is 0. The van der Waals surface area contributed by atoms with E-state index in [-0.39, 0.29) is 41.8 Å². The number of rotatable bonds is 16. The molecular formula is C37H55NO13. The lowest BCUT2D eigenvalue weighted by molar-refractivity contribution is -0.212. The summed E-state index contributed by atoms with van der Waals surface area (Å²) >= 11 is 0. The van der Waals surface area contributed by atoms with Crippen LogP contribution in [0.4, 0.5) is 0 Å². The zero-order chi connectivity index (χ0) is 38.5. The van der Waals surface area contributed by atoms with Gasteiger partial charge in [0.25, 0.3) is 0 Å². The van der Waals surface area contributed by atoms with Gasteiger partial charge in [-0.3, -0.25) is 19.2 Å². The second-order valence-electron chi connectivity index (χ2n) is 14.5. The molecule has 0 spiro atoms. The number of ketones is 1. The smallest absolute Gasteiger partial charge is 0.341 e. The van der Waals surface area contributed by atoms with E-state index in [1.807, 2.05) is 0 Å². The molecule has 0 bridgehead atoms. The third-order valence-electron chi connectivity index (χ3n) is 10.2. The highest BCUT2D eigenvalue weighted by atomic mass is 16.6. The Labute approximate surface area is 299 Å². The maximum absolute atomic E-state index is 13.4. The minimum atomic E-state index is -2.69. The molecule has 0 aromatic heterocycles. The van der Waals surface area contributed by atoms with Crippen LogP contribution in [0.2, 0.25) is 0 Å². The number of allylic oxidation sites excluding steroid dienone is 1. The van der Waals surface area contributed by atoms with Crippen LogP contribution in [0.15, 0.2) is 22.8 Å². The summed E-state index contributed by atoms with van der Waals surface area (Å²) in [6, 6.07) is -0.429. The topological polar surface area (TPSA) is 215 Å². The Bertz CT molecular complexity index is 1430. The lowest BCUT2D eigenvalue weighted by Crippen LogP contribution is -2.64. The number of aliphatic hydroxyl groups is 2. The molecule has 2 fully saturated rings. The van der Waals surface area contributed by atoms with Crippen molar-refractivity contribution in [2.24, 2.45) is 11.7 Å². The Kier molecular flexibility index (Phi) is 13.8. The number of hydrogen-bond donors (Lipinski definition) is 3. The zero-order valence-corrected chi connectivity index (χ0v) is 31.1. The van der Waals surface area contributed by atoms with E-state index in [9.17, 15) is 39.0 Å². The standard InChI is InChI=1S/C37H55NO13/c1-9-11-12-13-14-15-26(41)48-31-29-28(22(5)30(31)49-33(43)20(3)10-2)32-37(46,36(8,45)34(44)50-32)25(19-35(29,7)51-23(6)39)47-27(42)17-16-24(40)18-21(4)38/h10,21,25,29-32,45-46H,9,11-19,38H2,1-8H3/b20-10-/t21-,25+,29-,30+,31+,32+,35+,36-,37-/m1/s1. The molecule has 1 heterocycles. The van der Waals surface area contributed by atoms with Crippen LogP contribution in [-0.4, -0.2) is 93.1 Å². The van der Waals surface area contributed by atoms with Crippen molar-refractivity contribution in [3.63, 3.8) is 0 Å². The largest absolute Gasteiger partial charge is 0.459 e. The molecule has 0 amide bonds. The molecule has 1 aliphatic heterocycles. The zero-order valence-electron chi connectivity index (χ0n) is 31.1. The summed E-state index contributed by atoms with van der Waals surface area (Å²) in [6.07, 6.45) is -1.38. The predicted molar refractivity (Wildman–Crippen MR) is 181 cm³/mol. The monoisotopic (exact) mass is 721 g/mol. The maximum atomic E-state index is 13.4. The molecule has 1 saturated carbocycles. The number of carbonyl (C=O) groups is 6. The van der Waals surface area contributed by atoms with Gasteiger partial charge in [-0.05, 0) is 59.1 Å². The van der Waals surface area contributed by atoms with Gasteiger partial charge in [-0.25, -0.2) is 9.59 Å². The van der Waals surface area contributed by atoms with Crippen molar-refractivity contribution >= 4 is 35.6 Å². The van der Waals surface area contributed by atoms with Crippen LogP contribution in [-0.2, 0) is 52.5 Å². The first-order valence-corrected chi connectivity index (χ1v) is 17.8. The van der Waals surface area contributed by atoms with Crippen molar-refractivity contribution < 1.29 is 62.7 Å². The van der Waals surface area contributed by atoms with E-state index < -0.39 is 95.9 Å². The second kappa shape index (κ2) is 16.8. The lowest BCUT2D eigenvalue weighted by Gasteiger charge is -2.41. The highest BCUT2D eigenvalue weighted by Crippen LogP contribution is 2.57. The number of nitrogens with two attached hydrogens (primary N) is 1. The molecule has 14 nitrogen and oxygen atoms in total. The minimum absolute atomic E-state index is 0.0254. The Balaban J connectivity index is 2.18. The molecule has 3 rings (SSSR count). The summed E-state index contributed by atoms with van der Waals surface area (Å²) in [4.78, 5) is 78.2. The molecule has 0 unspecified atom stereocenters. The third-order valence-corrected chi connectivity index (χ3v) is 10.2. The van der Waals surface area contributed by atoms with E-state index in [1.54, 1.807) is 13.8 Å². The quantitative estimate of drug-likeness (QED) is 0.0686. The van der Waals surface area contributed by atoms with Crippen LogP contribution in [0, 0.1) is 5.92 Å². The van der Waals surface area contributed by atoms with Crippen molar-refractivity contribution in [1.82, 2.24) is 0 Å². The van der Waals surface area contributed by atoms with Crippen molar-refractivity contribution in [3.05, 3.63) is 22.8 Å². The first-order chi connectivity index (χ1) is 23.7. The summed E-state index contributed by atoms with van der Waals surface area (Å²) in [5, 5.41) is 24.1. The minimum Gasteiger partial charge on any atom is -0.459 e. The first kappa shape index (κ1) is 41.8. The molecule has 1 saturated heterocycles. The molecule has 3 aliphatic rings. The van der Waals surface area contributed by atoms with Crippen molar-refractivity contribution in [2.45, 2.75) is 167 Å². The normalized spacial score (nSPS) is 32.3. The number of fused-ring (bicyclic) bond motifs is 3. The van der Waals surface area contributed by atoms with E-state index in [2.05, 4.69) is 6.92 Å². The first-order valence-electron chi connectivity index (χ1n) is 17.8. The summed E-state index contributed by atoms with van der Waals surface area (Å²) < 4.78 is 29.4. The molecule has 0 aromatic rings. The molecule has 14 heteroatoms. The van der Waals surface area contributed by atoms with Crippen LogP contribution in [0.1, 0.15) is 120 Å². The van der Waals surface area contributed by atoms with E-state index in [0.29, 0.717) is 6.42 Å². The van der Waals surface area contributed by atoms with Gasteiger partial charge in [0, 0.05) is 44.2 Å². The fourth-order valence-corrected chi connectivity index (χ4v) is 7.40. The molecule has 9 atom stereocenters. The Hall–Kier alpha value is -3.62. The fraction of sp³-hybridized carbons (Fsp3) is 0.730. The number of hydrogen-bond acceptors (Lipinski definition) is 14. The Morgan fingerprint density at radius 2 is 1.61 bits per heavy atom. The van der Waals surface area contributed by atoms with Gasteiger partial charge in [0.05, 0.1) is 12.3 Å². The van der Waals surface area contributed by atoms with E-state index in [1.165, 1.54) is 26.8 Å². The molecular weight excluding hydrogens is 666 g/mol. The molecule has 286 valence electrons. The number of Topliss-reactive ketones (excluding diaryl/α,β-unsaturated/α-hetero) is 1. The Morgan fingerprint density at radius 3 is 2.20 bits per heavy atom.